The third-order valence-electron chi connectivity index (χ3n) is 5.07. The molecule has 1 amide bonds. The minimum atomic E-state index is -0.526. The van der Waals surface area contributed by atoms with E-state index in [2.05, 4.69) is 25.8 Å². The highest BCUT2D eigenvalue weighted by Gasteiger charge is 2.11. The van der Waals surface area contributed by atoms with Crippen molar-refractivity contribution in [3.05, 3.63) is 0 Å². The van der Waals surface area contributed by atoms with Gasteiger partial charge in [0.1, 0.15) is 0 Å². The molecule has 0 aliphatic heterocycles. The molecular weight excluding hydrogens is 370 g/mol. The molecule has 0 bridgehead atoms. The molecule has 0 aromatic heterocycles. The predicted octanol–water partition coefficient (Wildman–Crippen LogP) is 8.00. The number of carbonyl (C=O) groups is 1. The highest BCUT2D eigenvalue weighted by atomic mass is 32.2. The molecule has 28 heavy (non-hydrogen) atoms. The lowest BCUT2D eigenvalue weighted by molar-refractivity contribution is 0.131. The summed E-state index contributed by atoms with van der Waals surface area (Å²) in [5.74, 6) is 0.435. The first kappa shape index (κ1) is 27.3. The van der Waals surface area contributed by atoms with Gasteiger partial charge in [-0.1, -0.05) is 110 Å². The Kier molecular flexibility index (Phi) is 20.5. The van der Waals surface area contributed by atoms with Crippen LogP contribution in [0.5, 0.6) is 0 Å². The van der Waals surface area contributed by atoms with E-state index in [0.717, 1.165) is 19.3 Å². The van der Waals surface area contributed by atoms with E-state index in [1.165, 1.54) is 82.4 Å². The Hall–Kier alpha value is -0.710. The minimum absolute atomic E-state index is 0.419. The summed E-state index contributed by atoms with van der Waals surface area (Å²) in [5, 5.41) is 0.419. The third kappa shape index (κ3) is 17.4. The van der Waals surface area contributed by atoms with Crippen LogP contribution in [0.4, 0.5) is 4.79 Å². The molecule has 0 spiro atoms. The maximum absolute atomic E-state index is 11.9. The average Bonchev–Trinajstić information content (AvgIpc) is 2.71. The number of unbranched alkanes of at least 4 members (excludes halogenated alkanes) is 10. The average molecular weight is 416 g/mol. The molecule has 0 aliphatic rings. The zero-order chi connectivity index (χ0) is 20.9. The van der Waals surface area contributed by atoms with Gasteiger partial charge in [-0.15, -0.1) is 4.99 Å². The van der Waals surface area contributed by atoms with E-state index in [-0.39, 0.29) is 0 Å². The van der Waals surface area contributed by atoms with E-state index >= 15 is 0 Å². The van der Waals surface area contributed by atoms with Crippen LogP contribution in [0.3, 0.4) is 0 Å². The normalized spacial score (nSPS) is 12.8. The molecule has 0 saturated carbocycles. The molecule has 0 aromatic carbocycles. The lowest BCUT2D eigenvalue weighted by Gasteiger charge is -2.13. The van der Waals surface area contributed by atoms with Crippen LogP contribution < -0.4 is 0 Å². The van der Waals surface area contributed by atoms with Crippen LogP contribution in [0, 0.1) is 5.92 Å². The summed E-state index contributed by atoms with van der Waals surface area (Å²) in [4.78, 5) is 15.9. The second-order valence-electron chi connectivity index (χ2n) is 7.61. The van der Waals surface area contributed by atoms with Crippen LogP contribution in [0.1, 0.15) is 111 Å². The standard InChI is InChI=1S/C23H45NO3S/c1-5-8-10-11-12-13-14-15-16-17-19-26-23(28-4)24-22(25)27-20-21(7-3)18-9-6-2/h21H,5-20H2,1-4H3/b24-23-. The smallest absolute Gasteiger partial charge is 0.437 e. The Balaban J connectivity index is 3.78. The predicted molar refractivity (Wildman–Crippen MR) is 123 cm³/mol. The molecular formula is C23H45NO3S. The molecule has 1 atom stereocenters. The largest absolute Gasteiger partial charge is 0.473 e. The van der Waals surface area contributed by atoms with E-state index in [0.29, 0.717) is 24.4 Å². The van der Waals surface area contributed by atoms with Gasteiger partial charge in [0.15, 0.2) is 0 Å². The first-order valence-corrected chi connectivity index (χ1v) is 12.8. The van der Waals surface area contributed by atoms with Crippen molar-refractivity contribution in [3.8, 4) is 0 Å². The first-order valence-electron chi connectivity index (χ1n) is 11.6. The maximum Gasteiger partial charge on any atom is 0.437 e. The molecule has 0 fully saturated rings. The molecule has 0 saturated heterocycles. The lowest BCUT2D eigenvalue weighted by atomic mass is 10.0. The van der Waals surface area contributed by atoms with Gasteiger partial charge in [0.2, 0.25) is 0 Å². The molecule has 0 radical (unpaired) electrons. The van der Waals surface area contributed by atoms with Gasteiger partial charge in [0.25, 0.3) is 5.23 Å². The van der Waals surface area contributed by atoms with Gasteiger partial charge in [0.05, 0.1) is 13.2 Å². The molecule has 0 rings (SSSR count). The van der Waals surface area contributed by atoms with Gasteiger partial charge in [0, 0.05) is 0 Å². The van der Waals surface area contributed by atoms with Crippen LogP contribution in [0.2, 0.25) is 0 Å². The van der Waals surface area contributed by atoms with E-state index < -0.39 is 6.09 Å². The summed E-state index contributed by atoms with van der Waals surface area (Å²) >= 11 is 1.36. The molecule has 0 heterocycles. The van der Waals surface area contributed by atoms with Gasteiger partial charge in [-0.05, 0) is 25.0 Å². The van der Waals surface area contributed by atoms with Crippen LogP contribution in [-0.2, 0) is 9.47 Å². The summed E-state index contributed by atoms with van der Waals surface area (Å²) in [6.45, 7) is 7.66. The number of hydrogen-bond acceptors (Lipinski definition) is 4. The van der Waals surface area contributed by atoms with E-state index in [1.54, 1.807) is 0 Å². The number of rotatable bonds is 17. The molecule has 4 nitrogen and oxygen atoms in total. The van der Waals surface area contributed by atoms with Crippen molar-refractivity contribution in [2.45, 2.75) is 111 Å². The van der Waals surface area contributed by atoms with Gasteiger partial charge in [-0.2, -0.15) is 0 Å². The van der Waals surface area contributed by atoms with Crippen LogP contribution in [0.15, 0.2) is 4.99 Å². The number of nitrogens with zero attached hydrogens (tertiary/aromatic N) is 1. The molecule has 0 aromatic rings. The zero-order valence-corrected chi connectivity index (χ0v) is 19.8. The quantitative estimate of drug-likeness (QED) is 0.137. The second kappa shape index (κ2) is 21.0. The second-order valence-corrected chi connectivity index (χ2v) is 8.36. The Morgan fingerprint density at radius 2 is 1.39 bits per heavy atom. The van der Waals surface area contributed by atoms with Crippen molar-refractivity contribution in [2.24, 2.45) is 10.9 Å². The number of thioether (sulfide) groups is 1. The molecule has 166 valence electrons. The van der Waals surface area contributed by atoms with Crippen LogP contribution in [0.25, 0.3) is 0 Å². The Bertz CT molecular complexity index is 388. The monoisotopic (exact) mass is 415 g/mol. The highest BCUT2D eigenvalue weighted by molar-refractivity contribution is 8.13. The van der Waals surface area contributed by atoms with Crippen LogP contribution in [-0.4, -0.2) is 30.8 Å². The number of ether oxygens (including phenoxy) is 2. The maximum atomic E-state index is 11.9. The summed E-state index contributed by atoms with van der Waals surface area (Å²) in [5.41, 5.74) is 0. The summed E-state index contributed by atoms with van der Waals surface area (Å²) < 4.78 is 11.0. The van der Waals surface area contributed by atoms with Crippen molar-refractivity contribution in [3.63, 3.8) is 0 Å². The van der Waals surface area contributed by atoms with E-state index in [4.69, 9.17) is 9.47 Å². The topological polar surface area (TPSA) is 47.9 Å². The number of aliphatic imine (C=N–C) groups is 1. The van der Waals surface area contributed by atoms with Crippen molar-refractivity contribution in [2.75, 3.05) is 19.5 Å². The lowest BCUT2D eigenvalue weighted by Crippen LogP contribution is -2.13. The first-order chi connectivity index (χ1) is 13.7. The summed E-state index contributed by atoms with van der Waals surface area (Å²) in [7, 11) is 0. The molecule has 5 heteroatoms. The fourth-order valence-electron chi connectivity index (χ4n) is 3.08. The fourth-order valence-corrected chi connectivity index (χ4v) is 3.45. The molecule has 1 unspecified atom stereocenters. The zero-order valence-electron chi connectivity index (χ0n) is 19.0. The Labute approximate surface area is 178 Å². The van der Waals surface area contributed by atoms with Crippen molar-refractivity contribution in [1.82, 2.24) is 0 Å². The van der Waals surface area contributed by atoms with Gasteiger partial charge in [-0.25, -0.2) is 4.79 Å². The summed E-state index contributed by atoms with van der Waals surface area (Å²) in [6.07, 6.45) is 18.8. The number of carbonyl (C=O) groups excluding carboxylic acids is 1. The fraction of sp³-hybridized carbons (Fsp3) is 0.913. The van der Waals surface area contributed by atoms with E-state index in [9.17, 15) is 4.79 Å². The molecule has 0 N–H and O–H groups in total. The Morgan fingerprint density at radius 1 is 0.821 bits per heavy atom. The Morgan fingerprint density at radius 3 is 1.93 bits per heavy atom. The van der Waals surface area contributed by atoms with Gasteiger partial charge < -0.3 is 9.47 Å². The van der Waals surface area contributed by atoms with Crippen LogP contribution >= 0.6 is 11.8 Å². The van der Waals surface area contributed by atoms with Crippen molar-refractivity contribution < 1.29 is 14.3 Å². The SMILES string of the molecule is CCCCCCCCCCCCO/C(=N/C(=O)OCC(CC)CCCC)SC. The van der Waals surface area contributed by atoms with E-state index in [1.807, 2.05) is 6.26 Å². The molecule has 0 aliphatic carbocycles. The van der Waals surface area contributed by atoms with Crippen molar-refractivity contribution >= 4 is 23.1 Å². The van der Waals surface area contributed by atoms with Gasteiger partial charge >= 0.3 is 6.09 Å². The van der Waals surface area contributed by atoms with Crippen molar-refractivity contribution in [1.29, 1.82) is 0 Å². The van der Waals surface area contributed by atoms with Gasteiger partial charge in [-0.3, -0.25) is 0 Å². The number of hydrogen-bond donors (Lipinski definition) is 0. The third-order valence-corrected chi connectivity index (χ3v) is 5.62. The highest BCUT2D eigenvalue weighted by Crippen LogP contribution is 2.14. The minimum Gasteiger partial charge on any atom is -0.473 e. The summed E-state index contributed by atoms with van der Waals surface area (Å²) in [6, 6.07) is 0. The number of amides is 1.